The van der Waals surface area contributed by atoms with Crippen molar-refractivity contribution in [2.75, 3.05) is 20.2 Å². The lowest BCUT2D eigenvalue weighted by Gasteiger charge is -2.35. The fourth-order valence-electron chi connectivity index (χ4n) is 2.52. The Bertz CT molecular complexity index is 465. The summed E-state index contributed by atoms with van der Waals surface area (Å²) in [6, 6.07) is 5.21. The monoisotopic (exact) mass is 282 g/mol. The highest BCUT2D eigenvalue weighted by atomic mass is 35.5. The fourth-order valence-corrected chi connectivity index (χ4v) is 2.69. The number of carbonyl (C=O) groups excluding carboxylic acids is 1. The molecule has 1 atom stereocenters. The first-order valence-electron chi connectivity index (χ1n) is 6.52. The van der Waals surface area contributed by atoms with E-state index in [2.05, 4.69) is 0 Å². The molecule has 0 aromatic heterocycles. The molecule has 0 spiro atoms. The van der Waals surface area contributed by atoms with E-state index in [1.54, 1.807) is 25.3 Å². The molecule has 0 bridgehead atoms. The van der Waals surface area contributed by atoms with Crippen molar-refractivity contribution in [3.63, 3.8) is 0 Å². The summed E-state index contributed by atoms with van der Waals surface area (Å²) in [4.78, 5) is 14.5. The number of carbonyl (C=O) groups is 1. The van der Waals surface area contributed by atoms with Gasteiger partial charge >= 0.3 is 0 Å². The van der Waals surface area contributed by atoms with Gasteiger partial charge in [-0.15, -0.1) is 0 Å². The van der Waals surface area contributed by atoms with Crippen LogP contribution in [0.5, 0.6) is 5.75 Å². The Morgan fingerprint density at radius 1 is 1.53 bits per heavy atom. The molecular weight excluding hydrogens is 264 g/mol. The summed E-state index contributed by atoms with van der Waals surface area (Å²) >= 11 is 5.98. The lowest BCUT2D eigenvalue weighted by Crippen LogP contribution is -2.47. The second kappa shape index (κ2) is 6.26. The number of piperidine rings is 1. The maximum atomic E-state index is 12.6. The molecule has 1 fully saturated rings. The number of rotatable bonds is 3. The van der Waals surface area contributed by atoms with Crippen LogP contribution in [0.4, 0.5) is 0 Å². The highest BCUT2D eigenvalue weighted by molar-refractivity contribution is 6.31. The van der Waals surface area contributed by atoms with Crippen LogP contribution in [-0.4, -0.2) is 37.0 Å². The lowest BCUT2D eigenvalue weighted by atomic mass is 10.0. The molecule has 0 saturated carbocycles. The average molecular weight is 283 g/mol. The van der Waals surface area contributed by atoms with Gasteiger partial charge in [0.15, 0.2) is 0 Å². The van der Waals surface area contributed by atoms with E-state index in [-0.39, 0.29) is 11.9 Å². The first-order valence-corrected chi connectivity index (χ1v) is 6.89. The number of amides is 1. The standard InChI is InChI=1S/C14H19ClN2O2/c1-19-13-6-5-10(15)8-12(13)14(18)17-7-3-2-4-11(17)9-16/h5-6,8,11H,2-4,7,9,16H2,1H3. The molecule has 1 saturated heterocycles. The fraction of sp³-hybridized carbons (Fsp3) is 0.500. The highest BCUT2D eigenvalue weighted by Gasteiger charge is 2.28. The molecule has 0 radical (unpaired) electrons. The minimum atomic E-state index is -0.0468. The third-order valence-corrected chi connectivity index (χ3v) is 3.79. The summed E-state index contributed by atoms with van der Waals surface area (Å²) in [6.45, 7) is 1.24. The molecule has 2 N–H and O–H groups in total. The summed E-state index contributed by atoms with van der Waals surface area (Å²) in [7, 11) is 1.55. The zero-order valence-corrected chi connectivity index (χ0v) is 11.8. The van der Waals surface area contributed by atoms with Gasteiger partial charge in [0.1, 0.15) is 5.75 Å². The van der Waals surface area contributed by atoms with Crippen LogP contribution in [0.2, 0.25) is 5.02 Å². The Morgan fingerprint density at radius 2 is 2.32 bits per heavy atom. The number of benzene rings is 1. The van der Waals surface area contributed by atoms with Gasteiger partial charge in [-0.2, -0.15) is 0 Å². The van der Waals surface area contributed by atoms with E-state index in [4.69, 9.17) is 22.1 Å². The van der Waals surface area contributed by atoms with Crippen molar-refractivity contribution >= 4 is 17.5 Å². The van der Waals surface area contributed by atoms with E-state index in [0.29, 0.717) is 22.9 Å². The Labute approximate surface area is 118 Å². The Balaban J connectivity index is 2.29. The Hall–Kier alpha value is -1.26. The molecule has 1 aliphatic rings. The van der Waals surface area contributed by atoms with Gasteiger partial charge in [0.25, 0.3) is 5.91 Å². The van der Waals surface area contributed by atoms with Crippen molar-refractivity contribution in [2.24, 2.45) is 5.73 Å². The van der Waals surface area contributed by atoms with Gasteiger partial charge in [0.05, 0.1) is 12.7 Å². The second-order valence-electron chi connectivity index (χ2n) is 4.73. The van der Waals surface area contributed by atoms with Crippen molar-refractivity contribution in [3.8, 4) is 5.75 Å². The number of hydrogen-bond acceptors (Lipinski definition) is 3. The lowest BCUT2D eigenvalue weighted by molar-refractivity contribution is 0.0620. The SMILES string of the molecule is COc1ccc(Cl)cc1C(=O)N1CCCCC1CN. The van der Waals surface area contributed by atoms with E-state index < -0.39 is 0 Å². The topological polar surface area (TPSA) is 55.6 Å². The molecule has 0 aliphatic carbocycles. The minimum Gasteiger partial charge on any atom is -0.496 e. The quantitative estimate of drug-likeness (QED) is 0.925. The molecule has 104 valence electrons. The maximum Gasteiger partial charge on any atom is 0.257 e. The van der Waals surface area contributed by atoms with Crippen molar-refractivity contribution < 1.29 is 9.53 Å². The van der Waals surface area contributed by atoms with E-state index in [9.17, 15) is 4.79 Å². The summed E-state index contributed by atoms with van der Waals surface area (Å²) < 4.78 is 5.24. The van der Waals surface area contributed by atoms with Crippen molar-refractivity contribution in [1.29, 1.82) is 0 Å². The minimum absolute atomic E-state index is 0.0468. The normalized spacial score (nSPS) is 19.3. The zero-order chi connectivity index (χ0) is 13.8. The third kappa shape index (κ3) is 3.01. The number of methoxy groups -OCH3 is 1. The maximum absolute atomic E-state index is 12.6. The van der Waals surface area contributed by atoms with E-state index in [1.807, 2.05) is 4.90 Å². The number of ether oxygens (including phenoxy) is 1. The van der Waals surface area contributed by atoms with Crippen LogP contribution in [0.3, 0.4) is 0 Å². The number of halogens is 1. The number of likely N-dealkylation sites (tertiary alicyclic amines) is 1. The summed E-state index contributed by atoms with van der Waals surface area (Å²) in [5.41, 5.74) is 6.27. The zero-order valence-electron chi connectivity index (χ0n) is 11.1. The molecule has 1 aliphatic heterocycles. The summed E-state index contributed by atoms with van der Waals surface area (Å²) in [5, 5.41) is 0.533. The van der Waals surface area contributed by atoms with Crippen LogP contribution >= 0.6 is 11.6 Å². The smallest absolute Gasteiger partial charge is 0.257 e. The van der Waals surface area contributed by atoms with Crippen LogP contribution in [0.25, 0.3) is 0 Å². The van der Waals surface area contributed by atoms with Gasteiger partial charge in [0.2, 0.25) is 0 Å². The molecule has 1 aromatic rings. The summed E-state index contributed by atoms with van der Waals surface area (Å²) in [5.74, 6) is 0.505. The molecule has 1 amide bonds. The predicted octanol–water partition coefficient (Wildman–Crippen LogP) is 2.30. The van der Waals surface area contributed by atoms with Crippen molar-refractivity contribution in [3.05, 3.63) is 28.8 Å². The highest BCUT2D eigenvalue weighted by Crippen LogP contribution is 2.26. The van der Waals surface area contributed by atoms with Gasteiger partial charge in [-0.05, 0) is 37.5 Å². The molecule has 1 heterocycles. The first-order chi connectivity index (χ1) is 9.17. The molecule has 1 aromatic carbocycles. The molecule has 5 heteroatoms. The average Bonchev–Trinajstić information content (AvgIpc) is 2.46. The molecular formula is C14H19ClN2O2. The van der Waals surface area contributed by atoms with Gasteiger partial charge in [-0.1, -0.05) is 11.6 Å². The Morgan fingerprint density at radius 3 is 3.00 bits per heavy atom. The number of hydrogen-bond donors (Lipinski definition) is 1. The second-order valence-corrected chi connectivity index (χ2v) is 5.16. The van der Waals surface area contributed by atoms with Gasteiger partial charge in [0, 0.05) is 24.2 Å². The van der Waals surface area contributed by atoms with Crippen LogP contribution in [0.15, 0.2) is 18.2 Å². The van der Waals surface area contributed by atoms with Crippen LogP contribution in [-0.2, 0) is 0 Å². The third-order valence-electron chi connectivity index (χ3n) is 3.55. The van der Waals surface area contributed by atoms with Gasteiger partial charge in [-0.25, -0.2) is 0 Å². The van der Waals surface area contributed by atoms with Crippen LogP contribution in [0, 0.1) is 0 Å². The van der Waals surface area contributed by atoms with Crippen LogP contribution < -0.4 is 10.5 Å². The largest absolute Gasteiger partial charge is 0.496 e. The molecule has 2 rings (SSSR count). The molecule has 4 nitrogen and oxygen atoms in total. The van der Waals surface area contributed by atoms with Gasteiger partial charge < -0.3 is 15.4 Å². The van der Waals surface area contributed by atoms with E-state index in [0.717, 1.165) is 25.8 Å². The number of nitrogens with zero attached hydrogens (tertiary/aromatic N) is 1. The van der Waals surface area contributed by atoms with Crippen molar-refractivity contribution in [2.45, 2.75) is 25.3 Å². The number of nitrogens with two attached hydrogens (primary N) is 1. The summed E-state index contributed by atoms with van der Waals surface area (Å²) in [6.07, 6.45) is 3.11. The predicted molar refractivity (Wildman–Crippen MR) is 75.7 cm³/mol. The van der Waals surface area contributed by atoms with E-state index in [1.165, 1.54) is 0 Å². The first kappa shape index (κ1) is 14.2. The molecule has 19 heavy (non-hydrogen) atoms. The Kier molecular flexibility index (Phi) is 4.66. The van der Waals surface area contributed by atoms with Crippen LogP contribution in [0.1, 0.15) is 29.6 Å². The van der Waals surface area contributed by atoms with Gasteiger partial charge in [-0.3, -0.25) is 4.79 Å². The molecule has 1 unspecified atom stereocenters. The van der Waals surface area contributed by atoms with Crippen molar-refractivity contribution in [1.82, 2.24) is 4.90 Å². The van der Waals surface area contributed by atoms with E-state index >= 15 is 0 Å².